The van der Waals surface area contributed by atoms with E-state index >= 15 is 0 Å². The van der Waals surface area contributed by atoms with Crippen LogP contribution in [0, 0.1) is 5.41 Å². The number of urea groups is 1. The minimum atomic E-state index is -0.183. The molecule has 5 heteroatoms. The summed E-state index contributed by atoms with van der Waals surface area (Å²) in [6, 6.07) is 25.4. The van der Waals surface area contributed by atoms with Gasteiger partial charge in [-0.15, -0.1) is 0 Å². The van der Waals surface area contributed by atoms with Crippen LogP contribution in [-0.2, 0) is 0 Å². The van der Waals surface area contributed by atoms with Crippen LogP contribution in [0.15, 0.2) is 78.9 Å². The third kappa shape index (κ3) is 3.91. The summed E-state index contributed by atoms with van der Waals surface area (Å²) in [5, 5.41) is 0. The number of anilines is 2. The first-order valence-corrected chi connectivity index (χ1v) is 10.8. The summed E-state index contributed by atoms with van der Waals surface area (Å²) in [5.41, 5.74) is 2.62. The molecule has 32 heavy (non-hydrogen) atoms. The van der Waals surface area contributed by atoms with Crippen LogP contribution in [0.3, 0.4) is 0 Å². The molecule has 0 saturated carbocycles. The van der Waals surface area contributed by atoms with Gasteiger partial charge in [-0.3, -0.25) is 9.80 Å². The molecule has 0 bridgehead atoms. The fourth-order valence-corrected chi connectivity index (χ4v) is 4.51. The molecule has 2 amide bonds. The Labute approximate surface area is 190 Å². The van der Waals surface area contributed by atoms with Gasteiger partial charge in [0.25, 0.3) is 0 Å². The van der Waals surface area contributed by atoms with Gasteiger partial charge in [0, 0.05) is 11.4 Å². The zero-order valence-corrected chi connectivity index (χ0v) is 19.3. The molecule has 1 saturated heterocycles. The highest BCUT2D eigenvalue weighted by molar-refractivity contribution is 6.08. The molecule has 0 N–H and O–H groups in total. The molecular weight excluding hydrogens is 400 g/mol. The maximum Gasteiger partial charge on any atom is 0.329 e. The predicted molar refractivity (Wildman–Crippen MR) is 129 cm³/mol. The van der Waals surface area contributed by atoms with Crippen molar-refractivity contribution in [2.75, 3.05) is 24.0 Å². The van der Waals surface area contributed by atoms with Crippen LogP contribution in [0.25, 0.3) is 0 Å². The summed E-state index contributed by atoms with van der Waals surface area (Å²) in [6.45, 7) is 6.57. The van der Waals surface area contributed by atoms with E-state index in [1.807, 2.05) is 76.5 Å². The summed E-state index contributed by atoms with van der Waals surface area (Å²) in [7, 11) is 3.29. The summed E-state index contributed by atoms with van der Waals surface area (Å²) in [4.78, 5) is 17.9. The second-order valence-electron chi connectivity index (χ2n) is 9.09. The fraction of sp³-hybridized carbons (Fsp3) is 0.296. The number of carbonyl (C=O) groups excluding carboxylic acids is 1. The molecule has 3 aromatic rings. The van der Waals surface area contributed by atoms with Gasteiger partial charge in [-0.05, 0) is 59.5 Å². The zero-order chi connectivity index (χ0) is 22.9. The molecule has 0 radical (unpaired) electrons. The topological polar surface area (TPSA) is 42.0 Å². The van der Waals surface area contributed by atoms with Crippen molar-refractivity contribution < 1.29 is 14.3 Å². The van der Waals surface area contributed by atoms with Crippen molar-refractivity contribution in [1.82, 2.24) is 0 Å². The van der Waals surface area contributed by atoms with Gasteiger partial charge in [0.2, 0.25) is 0 Å². The first-order chi connectivity index (χ1) is 15.3. The standard InChI is InChI=1S/C27H30N2O3/c1-27(2,3)25-24(19-9-7-6-8-10-19)28(20-11-15-22(31-4)16-12-20)26(30)29(25)21-13-17-23(32-5)18-14-21/h6-18,24-25H,1-5H3/t24-,25+/m1/s1. The lowest BCUT2D eigenvalue weighted by molar-refractivity contribution is 0.252. The number of methoxy groups -OCH3 is 2. The smallest absolute Gasteiger partial charge is 0.329 e. The Bertz CT molecular complexity index is 1060. The third-order valence-electron chi connectivity index (χ3n) is 6.00. The number of amides is 2. The highest BCUT2D eigenvalue weighted by atomic mass is 16.5. The summed E-state index contributed by atoms with van der Waals surface area (Å²) >= 11 is 0. The van der Waals surface area contributed by atoms with Crippen LogP contribution in [-0.4, -0.2) is 26.3 Å². The van der Waals surface area contributed by atoms with E-state index in [0.29, 0.717) is 0 Å². The van der Waals surface area contributed by atoms with Gasteiger partial charge in [-0.2, -0.15) is 0 Å². The molecule has 0 aliphatic carbocycles. The SMILES string of the molecule is COc1ccc(N2C(=O)N(c3ccc(OC)cc3)[C@H](C(C)(C)C)[C@H]2c2ccccc2)cc1. The average molecular weight is 431 g/mol. The van der Waals surface area contributed by atoms with Crippen LogP contribution in [0.2, 0.25) is 0 Å². The highest BCUT2D eigenvalue weighted by Crippen LogP contribution is 2.47. The van der Waals surface area contributed by atoms with E-state index in [4.69, 9.17) is 9.47 Å². The maximum atomic E-state index is 14.0. The van der Waals surface area contributed by atoms with Crippen molar-refractivity contribution >= 4 is 17.4 Å². The third-order valence-corrected chi connectivity index (χ3v) is 6.00. The number of benzene rings is 3. The highest BCUT2D eigenvalue weighted by Gasteiger charge is 2.52. The normalized spacial score (nSPS) is 18.7. The number of nitrogens with zero attached hydrogens (tertiary/aromatic N) is 2. The van der Waals surface area contributed by atoms with Crippen molar-refractivity contribution in [1.29, 1.82) is 0 Å². The lowest BCUT2D eigenvalue weighted by Crippen LogP contribution is -2.43. The van der Waals surface area contributed by atoms with Crippen LogP contribution in [0.5, 0.6) is 11.5 Å². The van der Waals surface area contributed by atoms with E-state index in [2.05, 4.69) is 32.9 Å². The summed E-state index contributed by atoms with van der Waals surface area (Å²) < 4.78 is 10.7. The quantitative estimate of drug-likeness (QED) is 0.477. The first-order valence-electron chi connectivity index (χ1n) is 10.8. The molecule has 166 valence electrons. The second-order valence-corrected chi connectivity index (χ2v) is 9.09. The molecule has 1 fully saturated rings. The molecule has 0 spiro atoms. The Balaban J connectivity index is 1.89. The monoisotopic (exact) mass is 430 g/mol. The van der Waals surface area contributed by atoms with E-state index < -0.39 is 0 Å². The van der Waals surface area contributed by atoms with E-state index in [1.54, 1.807) is 14.2 Å². The minimum absolute atomic E-state index is 0.0471. The van der Waals surface area contributed by atoms with Crippen molar-refractivity contribution in [3.63, 3.8) is 0 Å². The lowest BCUT2D eigenvalue weighted by atomic mass is 9.79. The van der Waals surface area contributed by atoms with Crippen LogP contribution >= 0.6 is 0 Å². The van der Waals surface area contributed by atoms with Gasteiger partial charge in [-0.1, -0.05) is 51.1 Å². The van der Waals surface area contributed by atoms with Crippen LogP contribution in [0.1, 0.15) is 32.4 Å². The second kappa shape index (κ2) is 8.58. The molecule has 2 atom stereocenters. The van der Waals surface area contributed by atoms with E-state index in [1.165, 1.54) is 0 Å². The van der Waals surface area contributed by atoms with E-state index in [0.717, 1.165) is 28.4 Å². The number of hydrogen-bond acceptors (Lipinski definition) is 3. The Morgan fingerprint density at radius 1 is 0.688 bits per heavy atom. The molecule has 5 nitrogen and oxygen atoms in total. The fourth-order valence-electron chi connectivity index (χ4n) is 4.51. The Kier molecular flexibility index (Phi) is 5.83. The van der Waals surface area contributed by atoms with Gasteiger partial charge >= 0.3 is 6.03 Å². The average Bonchev–Trinajstić information content (AvgIpc) is 3.13. The Hall–Kier alpha value is -3.47. The van der Waals surface area contributed by atoms with Gasteiger partial charge in [0.1, 0.15) is 11.5 Å². The molecule has 1 aliphatic rings. The largest absolute Gasteiger partial charge is 0.497 e. The summed E-state index contributed by atoms with van der Waals surface area (Å²) in [5.74, 6) is 1.52. The van der Waals surface area contributed by atoms with Crippen molar-refractivity contribution in [2.24, 2.45) is 5.41 Å². The number of hydrogen-bond donors (Lipinski definition) is 0. The van der Waals surface area contributed by atoms with Crippen LogP contribution < -0.4 is 19.3 Å². The lowest BCUT2D eigenvalue weighted by Gasteiger charge is -2.38. The van der Waals surface area contributed by atoms with Gasteiger partial charge in [0.05, 0.1) is 26.3 Å². The summed E-state index contributed by atoms with van der Waals surface area (Å²) in [6.07, 6.45) is 0. The molecule has 3 aromatic carbocycles. The number of rotatable bonds is 5. The van der Waals surface area contributed by atoms with Crippen molar-refractivity contribution in [3.8, 4) is 11.5 Å². The van der Waals surface area contributed by atoms with Crippen molar-refractivity contribution in [2.45, 2.75) is 32.9 Å². The van der Waals surface area contributed by atoms with Crippen LogP contribution in [0.4, 0.5) is 16.2 Å². The molecule has 0 aromatic heterocycles. The number of ether oxygens (including phenoxy) is 2. The molecular formula is C27H30N2O3. The molecule has 1 heterocycles. The van der Waals surface area contributed by atoms with E-state index in [9.17, 15) is 4.79 Å². The molecule has 0 unspecified atom stereocenters. The predicted octanol–water partition coefficient (Wildman–Crippen LogP) is 6.31. The Morgan fingerprint density at radius 3 is 1.59 bits per heavy atom. The molecule has 1 aliphatic heterocycles. The van der Waals surface area contributed by atoms with E-state index in [-0.39, 0.29) is 23.5 Å². The van der Waals surface area contributed by atoms with Crippen molar-refractivity contribution in [3.05, 3.63) is 84.4 Å². The minimum Gasteiger partial charge on any atom is -0.497 e. The first kappa shape index (κ1) is 21.8. The Morgan fingerprint density at radius 2 is 1.16 bits per heavy atom. The zero-order valence-electron chi connectivity index (χ0n) is 19.3. The maximum absolute atomic E-state index is 14.0. The van der Waals surface area contributed by atoms with Gasteiger partial charge in [0.15, 0.2) is 0 Å². The number of carbonyl (C=O) groups is 1. The van der Waals surface area contributed by atoms with Gasteiger partial charge < -0.3 is 9.47 Å². The van der Waals surface area contributed by atoms with Gasteiger partial charge in [-0.25, -0.2) is 4.79 Å². The molecule has 4 rings (SSSR count).